The number of aromatic nitrogens is 3. The van der Waals surface area contributed by atoms with Crippen LogP contribution in [0.4, 0.5) is 18.9 Å². The van der Waals surface area contributed by atoms with Gasteiger partial charge in [-0.05, 0) is 38.1 Å². The van der Waals surface area contributed by atoms with E-state index >= 15 is 0 Å². The number of carbonyl (C=O) groups excluding carboxylic acids is 1. The van der Waals surface area contributed by atoms with Gasteiger partial charge in [-0.25, -0.2) is 22.8 Å². The van der Waals surface area contributed by atoms with Crippen molar-refractivity contribution in [1.82, 2.24) is 14.8 Å². The van der Waals surface area contributed by atoms with Gasteiger partial charge in [0, 0.05) is 16.9 Å². The van der Waals surface area contributed by atoms with E-state index in [1.807, 2.05) is 0 Å². The highest BCUT2D eigenvalue weighted by atomic mass is 19.3. The van der Waals surface area contributed by atoms with Crippen LogP contribution in [-0.2, 0) is 11.3 Å². The Morgan fingerprint density at radius 1 is 1.28 bits per heavy atom. The number of pyridine rings is 1. The molecule has 2 heterocycles. The number of benzene rings is 1. The van der Waals surface area contributed by atoms with E-state index in [9.17, 15) is 18.0 Å². The molecule has 0 aliphatic heterocycles. The van der Waals surface area contributed by atoms with Gasteiger partial charge in [-0.3, -0.25) is 4.79 Å². The highest BCUT2D eigenvalue weighted by Gasteiger charge is 2.20. The van der Waals surface area contributed by atoms with E-state index in [1.54, 1.807) is 19.9 Å². The van der Waals surface area contributed by atoms with E-state index < -0.39 is 18.1 Å². The molecule has 1 amide bonds. The topological polar surface area (TPSA) is 59.8 Å². The van der Waals surface area contributed by atoms with Crippen molar-refractivity contribution in [2.45, 2.75) is 26.8 Å². The molecule has 1 aromatic carbocycles. The number of anilines is 1. The molecule has 5 nitrogen and oxygen atoms in total. The van der Waals surface area contributed by atoms with E-state index in [2.05, 4.69) is 15.4 Å². The minimum absolute atomic E-state index is 0.156. The summed E-state index contributed by atoms with van der Waals surface area (Å²) >= 11 is 0. The summed E-state index contributed by atoms with van der Waals surface area (Å²) in [6.45, 7) is 2.97. The molecule has 0 aliphatic carbocycles. The zero-order valence-electron chi connectivity index (χ0n) is 13.6. The molecular weight excluding hydrogens is 333 g/mol. The smallest absolute Gasteiger partial charge is 0.264 e. The average Bonchev–Trinajstić information content (AvgIpc) is 2.82. The number of hydrogen-bond acceptors (Lipinski definition) is 3. The second-order valence-electron chi connectivity index (χ2n) is 5.65. The summed E-state index contributed by atoms with van der Waals surface area (Å²) in [4.78, 5) is 16.4. The molecule has 0 aliphatic rings. The van der Waals surface area contributed by atoms with Gasteiger partial charge < -0.3 is 5.32 Å². The van der Waals surface area contributed by atoms with E-state index in [0.717, 1.165) is 0 Å². The lowest BCUT2D eigenvalue weighted by atomic mass is 10.1. The first kappa shape index (κ1) is 16.9. The van der Waals surface area contributed by atoms with Crippen LogP contribution in [0.2, 0.25) is 0 Å². The predicted molar refractivity (Wildman–Crippen MR) is 87.0 cm³/mol. The summed E-state index contributed by atoms with van der Waals surface area (Å²) in [6.07, 6.45) is -2.67. The number of nitrogens with zero attached hydrogens (tertiary/aromatic N) is 3. The fourth-order valence-electron chi connectivity index (χ4n) is 2.70. The summed E-state index contributed by atoms with van der Waals surface area (Å²) in [6, 6.07) is 6.78. The Kier molecular flexibility index (Phi) is 4.43. The standard InChI is InChI=1S/C17H15F3N4O/c1-9-6-13(16(19)20)15-10(2)23-24(17(15)21-9)8-14(25)22-12-5-3-4-11(18)7-12/h3-7,16H,8H2,1-2H3,(H,22,25). The van der Waals surface area contributed by atoms with Crippen molar-refractivity contribution in [3.8, 4) is 0 Å². The van der Waals surface area contributed by atoms with E-state index in [4.69, 9.17) is 0 Å². The number of carbonyl (C=O) groups is 1. The largest absolute Gasteiger partial charge is 0.324 e. The third-order valence-electron chi connectivity index (χ3n) is 3.67. The number of fused-ring (bicyclic) bond motifs is 1. The molecular formula is C17H15F3N4O. The third-order valence-corrected chi connectivity index (χ3v) is 3.67. The summed E-state index contributed by atoms with van der Waals surface area (Å²) in [5, 5.41) is 6.95. The van der Waals surface area contributed by atoms with Crippen molar-refractivity contribution in [1.29, 1.82) is 0 Å². The zero-order chi connectivity index (χ0) is 18.1. The van der Waals surface area contributed by atoms with Crippen molar-refractivity contribution in [3.63, 3.8) is 0 Å². The molecule has 130 valence electrons. The lowest BCUT2D eigenvalue weighted by Crippen LogP contribution is -2.20. The number of halogens is 3. The number of amides is 1. The second-order valence-corrected chi connectivity index (χ2v) is 5.65. The van der Waals surface area contributed by atoms with Crippen LogP contribution in [0.5, 0.6) is 0 Å². The first-order valence-electron chi connectivity index (χ1n) is 7.53. The van der Waals surface area contributed by atoms with Crippen LogP contribution in [0.25, 0.3) is 11.0 Å². The summed E-state index contributed by atoms with van der Waals surface area (Å²) in [7, 11) is 0. The van der Waals surface area contributed by atoms with Crippen LogP contribution in [0.1, 0.15) is 23.4 Å². The van der Waals surface area contributed by atoms with Gasteiger partial charge in [0.25, 0.3) is 6.43 Å². The third kappa shape index (κ3) is 3.47. The van der Waals surface area contributed by atoms with Crippen molar-refractivity contribution < 1.29 is 18.0 Å². The first-order valence-corrected chi connectivity index (χ1v) is 7.53. The Balaban J connectivity index is 1.92. The molecule has 8 heteroatoms. The highest BCUT2D eigenvalue weighted by molar-refractivity contribution is 5.92. The van der Waals surface area contributed by atoms with Crippen LogP contribution >= 0.6 is 0 Å². The molecule has 0 saturated carbocycles. The Morgan fingerprint density at radius 2 is 2.04 bits per heavy atom. The fourth-order valence-corrected chi connectivity index (χ4v) is 2.70. The molecule has 0 fully saturated rings. The molecule has 0 spiro atoms. The van der Waals surface area contributed by atoms with Crippen LogP contribution in [0, 0.1) is 19.7 Å². The molecule has 0 radical (unpaired) electrons. The van der Waals surface area contributed by atoms with Gasteiger partial charge in [0.05, 0.1) is 11.1 Å². The highest BCUT2D eigenvalue weighted by Crippen LogP contribution is 2.29. The average molecular weight is 348 g/mol. The number of hydrogen-bond donors (Lipinski definition) is 1. The van der Waals surface area contributed by atoms with Crippen LogP contribution in [-0.4, -0.2) is 20.7 Å². The van der Waals surface area contributed by atoms with E-state index in [-0.39, 0.29) is 23.1 Å². The fraction of sp³-hybridized carbons (Fsp3) is 0.235. The second kappa shape index (κ2) is 6.54. The Labute approximate surface area is 141 Å². The molecule has 0 saturated heterocycles. The zero-order valence-corrected chi connectivity index (χ0v) is 13.6. The van der Waals surface area contributed by atoms with Crippen molar-refractivity contribution in [3.05, 3.63) is 53.1 Å². The van der Waals surface area contributed by atoms with Gasteiger partial charge in [-0.1, -0.05) is 6.07 Å². The number of rotatable bonds is 4. The van der Waals surface area contributed by atoms with Gasteiger partial charge in [0.2, 0.25) is 5.91 Å². The molecule has 25 heavy (non-hydrogen) atoms. The molecule has 0 bridgehead atoms. The minimum atomic E-state index is -2.67. The number of nitrogens with one attached hydrogen (secondary N) is 1. The number of alkyl halides is 2. The van der Waals surface area contributed by atoms with Crippen LogP contribution < -0.4 is 5.32 Å². The maximum atomic E-state index is 13.3. The first-order chi connectivity index (χ1) is 11.8. The molecule has 2 aromatic heterocycles. The van der Waals surface area contributed by atoms with Gasteiger partial charge in [0.1, 0.15) is 12.4 Å². The van der Waals surface area contributed by atoms with Gasteiger partial charge >= 0.3 is 0 Å². The normalized spacial score (nSPS) is 11.3. The maximum Gasteiger partial charge on any atom is 0.264 e. The SMILES string of the molecule is Cc1cc(C(F)F)c2c(C)nn(CC(=O)Nc3cccc(F)c3)c2n1. The Morgan fingerprint density at radius 3 is 2.72 bits per heavy atom. The predicted octanol–water partition coefficient (Wildman–Crippen LogP) is 3.76. The van der Waals surface area contributed by atoms with Crippen molar-refractivity contribution in [2.75, 3.05) is 5.32 Å². The van der Waals surface area contributed by atoms with Gasteiger partial charge in [-0.2, -0.15) is 5.10 Å². The summed E-state index contributed by atoms with van der Waals surface area (Å²) < 4.78 is 41.0. The van der Waals surface area contributed by atoms with Gasteiger partial charge in [-0.15, -0.1) is 0 Å². The number of aryl methyl sites for hydroxylation is 2. The lowest BCUT2D eigenvalue weighted by molar-refractivity contribution is -0.116. The van der Waals surface area contributed by atoms with Crippen molar-refractivity contribution in [2.24, 2.45) is 0 Å². The maximum absolute atomic E-state index is 13.3. The van der Waals surface area contributed by atoms with Crippen LogP contribution in [0.3, 0.4) is 0 Å². The molecule has 3 aromatic rings. The minimum Gasteiger partial charge on any atom is -0.324 e. The quantitative estimate of drug-likeness (QED) is 0.781. The van der Waals surface area contributed by atoms with Crippen molar-refractivity contribution >= 4 is 22.6 Å². The molecule has 0 atom stereocenters. The monoisotopic (exact) mass is 348 g/mol. The molecule has 1 N–H and O–H groups in total. The van der Waals surface area contributed by atoms with Crippen LogP contribution in [0.15, 0.2) is 30.3 Å². The van der Waals surface area contributed by atoms with E-state index in [0.29, 0.717) is 17.1 Å². The molecule has 3 rings (SSSR count). The Hall–Kier alpha value is -2.90. The van der Waals surface area contributed by atoms with Gasteiger partial charge in [0.15, 0.2) is 5.65 Å². The Bertz CT molecular complexity index is 952. The lowest BCUT2D eigenvalue weighted by Gasteiger charge is -2.07. The van der Waals surface area contributed by atoms with E-state index in [1.165, 1.54) is 28.9 Å². The molecule has 0 unspecified atom stereocenters. The summed E-state index contributed by atoms with van der Waals surface area (Å²) in [5.74, 6) is -0.936. The summed E-state index contributed by atoms with van der Waals surface area (Å²) in [5.41, 5.74) is 1.15.